The van der Waals surface area contributed by atoms with E-state index in [-0.39, 0.29) is 5.91 Å². The lowest BCUT2D eigenvalue weighted by Crippen LogP contribution is -2.11. The Labute approximate surface area is 134 Å². The number of rotatable bonds is 6. The van der Waals surface area contributed by atoms with Crippen LogP contribution in [0.3, 0.4) is 0 Å². The summed E-state index contributed by atoms with van der Waals surface area (Å²) >= 11 is 0. The van der Waals surface area contributed by atoms with Crippen molar-refractivity contribution in [3.05, 3.63) is 47.9 Å². The molecule has 2 heterocycles. The predicted molar refractivity (Wildman–Crippen MR) is 90.5 cm³/mol. The van der Waals surface area contributed by atoms with Crippen molar-refractivity contribution in [3.63, 3.8) is 0 Å². The van der Waals surface area contributed by atoms with Gasteiger partial charge in [0, 0.05) is 18.3 Å². The number of benzene rings is 1. The van der Waals surface area contributed by atoms with Crippen molar-refractivity contribution >= 4 is 28.4 Å². The van der Waals surface area contributed by atoms with Crippen LogP contribution in [0.15, 0.2) is 36.8 Å². The van der Waals surface area contributed by atoms with Crippen molar-refractivity contribution in [1.82, 2.24) is 15.0 Å². The Kier molecular flexibility index (Phi) is 4.23. The van der Waals surface area contributed by atoms with Crippen LogP contribution in [-0.2, 0) is 17.6 Å². The molecule has 0 atom stereocenters. The molecule has 1 aromatic carbocycles. The van der Waals surface area contributed by atoms with Gasteiger partial charge in [-0.2, -0.15) is 0 Å². The van der Waals surface area contributed by atoms with Crippen molar-refractivity contribution in [3.8, 4) is 0 Å². The van der Waals surface area contributed by atoms with E-state index in [4.69, 9.17) is 5.73 Å². The van der Waals surface area contributed by atoms with Crippen LogP contribution in [0.1, 0.15) is 24.5 Å². The predicted octanol–water partition coefficient (Wildman–Crippen LogP) is 2.68. The highest BCUT2D eigenvalue weighted by molar-refractivity contribution is 5.92. The number of carbonyl (C=O) groups is 1. The average molecular weight is 309 g/mol. The van der Waals surface area contributed by atoms with Crippen molar-refractivity contribution in [2.24, 2.45) is 5.73 Å². The molecule has 0 radical (unpaired) electrons. The fraction of sp³-hybridized carbons (Fsp3) is 0.235. The van der Waals surface area contributed by atoms with Crippen molar-refractivity contribution in [2.45, 2.75) is 26.2 Å². The van der Waals surface area contributed by atoms with Crippen molar-refractivity contribution < 1.29 is 4.79 Å². The molecule has 0 saturated heterocycles. The van der Waals surface area contributed by atoms with E-state index in [9.17, 15) is 4.79 Å². The highest BCUT2D eigenvalue weighted by atomic mass is 16.1. The van der Waals surface area contributed by atoms with Crippen LogP contribution in [-0.4, -0.2) is 20.9 Å². The zero-order valence-electron chi connectivity index (χ0n) is 13.0. The molecule has 6 nitrogen and oxygen atoms in total. The van der Waals surface area contributed by atoms with Gasteiger partial charge in [0.2, 0.25) is 5.91 Å². The number of nitrogens with one attached hydrogen (secondary N) is 2. The summed E-state index contributed by atoms with van der Waals surface area (Å²) in [4.78, 5) is 22.6. The molecule has 0 saturated carbocycles. The smallest absolute Gasteiger partial charge is 0.217 e. The highest BCUT2D eigenvalue weighted by Gasteiger charge is 2.10. The van der Waals surface area contributed by atoms with Gasteiger partial charge in [-0.25, -0.2) is 9.97 Å². The minimum absolute atomic E-state index is 0.282. The summed E-state index contributed by atoms with van der Waals surface area (Å²) in [6, 6.07) is 7.92. The fourth-order valence-electron chi connectivity index (χ4n) is 2.56. The van der Waals surface area contributed by atoms with E-state index in [0.717, 1.165) is 34.5 Å². The summed E-state index contributed by atoms with van der Waals surface area (Å²) in [5, 5.41) is 4.36. The van der Waals surface area contributed by atoms with Crippen LogP contribution in [0.4, 0.5) is 11.5 Å². The molecule has 2 aromatic heterocycles. The Morgan fingerprint density at radius 2 is 2.04 bits per heavy atom. The Balaban J connectivity index is 1.82. The van der Waals surface area contributed by atoms with Gasteiger partial charge in [-0.1, -0.05) is 19.1 Å². The van der Waals surface area contributed by atoms with E-state index >= 15 is 0 Å². The molecule has 0 unspecified atom stereocenters. The summed E-state index contributed by atoms with van der Waals surface area (Å²) in [5.74, 6) is 0.508. The van der Waals surface area contributed by atoms with Gasteiger partial charge in [-0.3, -0.25) is 4.79 Å². The second-order valence-electron chi connectivity index (χ2n) is 5.40. The first-order valence-corrected chi connectivity index (χ1v) is 7.62. The molecule has 3 aromatic rings. The molecule has 0 aliphatic rings. The summed E-state index contributed by atoms with van der Waals surface area (Å²) < 4.78 is 0. The molecule has 4 N–H and O–H groups in total. The Morgan fingerprint density at radius 1 is 1.26 bits per heavy atom. The van der Waals surface area contributed by atoms with E-state index in [0.29, 0.717) is 12.8 Å². The maximum absolute atomic E-state index is 10.8. The Hall–Kier alpha value is -2.89. The van der Waals surface area contributed by atoms with Gasteiger partial charge in [0.15, 0.2) is 0 Å². The largest absolute Gasteiger partial charge is 0.370 e. The zero-order valence-corrected chi connectivity index (χ0v) is 13.0. The Bertz CT molecular complexity index is 823. The summed E-state index contributed by atoms with van der Waals surface area (Å²) in [5.41, 5.74) is 9.21. The molecule has 23 heavy (non-hydrogen) atoms. The van der Waals surface area contributed by atoms with Gasteiger partial charge >= 0.3 is 0 Å². The zero-order chi connectivity index (χ0) is 16.2. The van der Waals surface area contributed by atoms with E-state index in [1.165, 1.54) is 5.56 Å². The van der Waals surface area contributed by atoms with E-state index in [1.54, 1.807) is 6.33 Å². The quantitative estimate of drug-likeness (QED) is 0.652. The molecule has 118 valence electrons. The summed E-state index contributed by atoms with van der Waals surface area (Å²) in [6.07, 6.45) is 5.45. The number of aromatic amines is 1. The molecule has 6 heteroatoms. The SMILES string of the molecule is CCc1c[nH]c2ncnc(Nc3ccc(CCC(N)=O)cc3)c12. The van der Waals surface area contributed by atoms with Gasteiger partial charge in [0.1, 0.15) is 17.8 Å². The first-order chi connectivity index (χ1) is 11.2. The number of anilines is 2. The summed E-state index contributed by atoms with van der Waals surface area (Å²) in [6.45, 7) is 2.10. The van der Waals surface area contributed by atoms with Crippen LogP contribution in [0.25, 0.3) is 11.0 Å². The number of amides is 1. The number of nitrogens with zero attached hydrogens (tertiary/aromatic N) is 2. The molecule has 0 fully saturated rings. The van der Waals surface area contributed by atoms with E-state index in [1.807, 2.05) is 30.5 Å². The monoisotopic (exact) mass is 309 g/mol. The van der Waals surface area contributed by atoms with Gasteiger partial charge in [0.25, 0.3) is 0 Å². The second kappa shape index (κ2) is 6.48. The van der Waals surface area contributed by atoms with Crippen molar-refractivity contribution in [2.75, 3.05) is 5.32 Å². The minimum Gasteiger partial charge on any atom is -0.370 e. The molecular formula is C17H19N5O. The Morgan fingerprint density at radius 3 is 2.74 bits per heavy atom. The normalized spacial score (nSPS) is 10.8. The van der Waals surface area contributed by atoms with E-state index in [2.05, 4.69) is 27.2 Å². The van der Waals surface area contributed by atoms with Gasteiger partial charge < -0.3 is 16.0 Å². The van der Waals surface area contributed by atoms with Crippen LogP contribution in [0.2, 0.25) is 0 Å². The molecule has 0 aliphatic heterocycles. The molecule has 3 rings (SSSR count). The first-order valence-electron chi connectivity index (χ1n) is 7.62. The molecule has 0 bridgehead atoms. The minimum atomic E-state index is -0.282. The number of aryl methyl sites for hydroxylation is 2. The number of carbonyl (C=O) groups excluding carboxylic acids is 1. The molecule has 0 spiro atoms. The number of primary amides is 1. The molecular weight excluding hydrogens is 290 g/mol. The number of fused-ring (bicyclic) bond motifs is 1. The third kappa shape index (κ3) is 3.31. The van der Waals surface area contributed by atoms with Crippen LogP contribution < -0.4 is 11.1 Å². The maximum Gasteiger partial charge on any atom is 0.217 e. The number of hydrogen-bond donors (Lipinski definition) is 3. The molecule has 0 aliphatic carbocycles. The second-order valence-corrected chi connectivity index (χ2v) is 5.40. The lowest BCUT2D eigenvalue weighted by Gasteiger charge is -2.08. The van der Waals surface area contributed by atoms with Crippen molar-refractivity contribution in [1.29, 1.82) is 0 Å². The van der Waals surface area contributed by atoms with Gasteiger partial charge in [-0.05, 0) is 36.1 Å². The number of nitrogens with two attached hydrogens (primary N) is 1. The highest BCUT2D eigenvalue weighted by Crippen LogP contribution is 2.26. The first kappa shape index (κ1) is 15.0. The van der Waals surface area contributed by atoms with Crippen LogP contribution in [0.5, 0.6) is 0 Å². The number of hydrogen-bond acceptors (Lipinski definition) is 4. The third-order valence-corrected chi connectivity index (χ3v) is 3.81. The van der Waals surface area contributed by atoms with Gasteiger partial charge in [0.05, 0.1) is 5.39 Å². The average Bonchev–Trinajstić information content (AvgIpc) is 2.98. The topological polar surface area (TPSA) is 96.7 Å². The lowest BCUT2D eigenvalue weighted by molar-refractivity contribution is -0.117. The van der Waals surface area contributed by atoms with Crippen LogP contribution in [0, 0.1) is 0 Å². The maximum atomic E-state index is 10.8. The third-order valence-electron chi connectivity index (χ3n) is 3.81. The number of aromatic nitrogens is 3. The molecule has 1 amide bonds. The van der Waals surface area contributed by atoms with Gasteiger partial charge in [-0.15, -0.1) is 0 Å². The fourth-order valence-corrected chi connectivity index (χ4v) is 2.56. The number of H-pyrrole nitrogens is 1. The van der Waals surface area contributed by atoms with E-state index < -0.39 is 0 Å². The standard InChI is InChI=1S/C17H19N5O/c1-2-12-9-19-16-15(12)17(21-10-20-16)22-13-6-3-11(4-7-13)5-8-14(18)23/h3-4,6-7,9-10H,2,5,8H2,1H3,(H2,18,23)(H2,19,20,21,22). The van der Waals surface area contributed by atoms with Crippen LogP contribution >= 0.6 is 0 Å². The lowest BCUT2D eigenvalue weighted by atomic mass is 10.1. The summed E-state index contributed by atoms with van der Waals surface area (Å²) in [7, 11) is 0.